The topological polar surface area (TPSA) is 38.0 Å². The molecule has 0 atom stereocenters. The van der Waals surface area contributed by atoms with Crippen LogP contribution in [0.2, 0.25) is 0 Å². The van der Waals surface area contributed by atoms with Crippen molar-refractivity contribution in [3.05, 3.63) is 35.9 Å². The van der Waals surface area contributed by atoms with Gasteiger partial charge < -0.3 is 11.1 Å². The molecule has 1 saturated heterocycles. The molecule has 1 fully saturated rings. The second-order valence-electron chi connectivity index (χ2n) is 3.13. The molecular formula is C9H14Cl2N2. The standard InChI is InChI=1S/C9H12N2.2ClH/c10-9(6-11-7-9)8-4-2-1-3-5-8;;/h1-5,11H,6-7,10H2;2*1H. The Hall–Kier alpha value is -0.280. The van der Waals surface area contributed by atoms with Crippen molar-refractivity contribution >= 4 is 24.8 Å². The molecule has 74 valence electrons. The van der Waals surface area contributed by atoms with Crippen molar-refractivity contribution in [1.82, 2.24) is 5.32 Å². The molecule has 0 aromatic heterocycles. The quantitative estimate of drug-likeness (QED) is 0.749. The van der Waals surface area contributed by atoms with Gasteiger partial charge in [-0.05, 0) is 5.56 Å². The summed E-state index contributed by atoms with van der Waals surface area (Å²) < 4.78 is 0. The fourth-order valence-corrected chi connectivity index (χ4v) is 1.37. The fraction of sp³-hybridized carbons (Fsp3) is 0.333. The van der Waals surface area contributed by atoms with E-state index in [1.807, 2.05) is 18.2 Å². The van der Waals surface area contributed by atoms with Gasteiger partial charge in [0, 0.05) is 13.1 Å². The predicted molar refractivity (Wildman–Crippen MR) is 59.7 cm³/mol. The normalized spacial score (nSPS) is 17.6. The average Bonchev–Trinajstić information content (AvgIpc) is 2.02. The van der Waals surface area contributed by atoms with Gasteiger partial charge in [0.15, 0.2) is 0 Å². The minimum absolute atomic E-state index is 0. The Morgan fingerprint density at radius 3 is 2.00 bits per heavy atom. The first-order valence-corrected chi connectivity index (χ1v) is 3.86. The number of hydrogen-bond donors (Lipinski definition) is 2. The highest BCUT2D eigenvalue weighted by Gasteiger charge is 2.33. The summed E-state index contributed by atoms with van der Waals surface area (Å²) in [4.78, 5) is 0. The predicted octanol–water partition coefficient (Wildman–Crippen LogP) is 1.29. The highest BCUT2D eigenvalue weighted by molar-refractivity contribution is 5.85. The minimum Gasteiger partial charge on any atom is -0.319 e. The van der Waals surface area contributed by atoms with Crippen LogP contribution in [0, 0.1) is 0 Å². The molecule has 0 bridgehead atoms. The molecule has 1 aliphatic rings. The molecule has 4 heteroatoms. The van der Waals surface area contributed by atoms with E-state index < -0.39 is 0 Å². The molecule has 0 unspecified atom stereocenters. The van der Waals surface area contributed by atoms with E-state index in [-0.39, 0.29) is 30.4 Å². The number of benzene rings is 1. The monoisotopic (exact) mass is 220 g/mol. The van der Waals surface area contributed by atoms with E-state index in [4.69, 9.17) is 5.73 Å². The Labute approximate surface area is 90.7 Å². The van der Waals surface area contributed by atoms with Crippen LogP contribution in [0.1, 0.15) is 5.56 Å². The first-order valence-electron chi connectivity index (χ1n) is 3.86. The van der Waals surface area contributed by atoms with Gasteiger partial charge in [0.25, 0.3) is 0 Å². The van der Waals surface area contributed by atoms with Gasteiger partial charge >= 0.3 is 0 Å². The van der Waals surface area contributed by atoms with Crippen LogP contribution in [0.3, 0.4) is 0 Å². The molecule has 2 nitrogen and oxygen atoms in total. The Balaban J connectivity index is 0.000000720. The van der Waals surface area contributed by atoms with Gasteiger partial charge in [-0.1, -0.05) is 30.3 Å². The molecule has 1 aromatic carbocycles. The van der Waals surface area contributed by atoms with Crippen LogP contribution in [0.15, 0.2) is 30.3 Å². The number of halogens is 2. The Morgan fingerprint density at radius 2 is 1.62 bits per heavy atom. The maximum absolute atomic E-state index is 6.06. The third kappa shape index (κ3) is 2.35. The summed E-state index contributed by atoms with van der Waals surface area (Å²) in [5.74, 6) is 0. The minimum atomic E-state index is -0.0960. The highest BCUT2D eigenvalue weighted by Crippen LogP contribution is 2.21. The van der Waals surface area contributed by atoms with Crippen LogP contribution >= 0.6 is 24.8 Å². The zero-order valence-electron chi connectivity index (χ0n) is 7.19. The van der Waals surface area contributed by atoms with Crippen molar-refractivity contribution in [3.63, 3.8) is 0 Å². The van der Waals surface area contributed by atoms with E-state index >= 15 is 0 Å². The highest BCUT2D eigenvalue weighted by atomic mass is 35.5. The summed E-state index contributed by atoms with van der Waals surface area (Å²) >= 11 is 0. The summed E-state index contributed by atoms with van der Waals surface area (Å²) in [6.07, 6.45) is 0. The molecule has 1 heterocycles. The molecule has 2 rings (SSSR count). The maximum Gasteiger partial charge on any atom is 0.0662 e. The molecule has 0 amide bonds. The van der Waals surface area contributed by atoms with Gasteiger partial charge in [0.1, 0.15) is 0 Å². The molecule has 1 aromatic rings. The van der Waals surface area contributed by atoms with E-state index in [0.29, 0.717) is 0 Å². The van der Waals surface area contributed by atoms with Crippen molar-refractivity contribution in [3.8, 4) is 0 Å². The Bertz CT molecular complexity index is 247. The van der Waals surface area contributed by atoms with Crippen molar-refractivity contribution in [1.29, 1.82) is 0 Å². The van der Waals surface area contributed by atoms with E-state index in [9.17, 15) is 0 Å². The lowest BCUT2D eigenvalue weighted by Crippen LogP contribution is -2.62. The first kappa shape index (κ1) is 12.7. The molecule has 0 spiro atoms. The fourth-order valence-electron chi connectivity index (χ4n) is 1.37. The molecule has 13 heavy (non-hydrogen) atoms. The summed E-state index contributed by atoms with van der Waals surface area (Å²) in [6, 6.07) is 10.2. The van der Waals surface area contributed by atoms with E-state index in [1.165, 1.54) is 5.56 Å². The lowest BCUT2D eigenvalue weighted by Gasteiger charge is -2.39. The maximum atomic E-state index is 6.06. The molecular weight excluding hydrogens is 207 g/mol. The van der Waals surface area contributed by atoms with Crippen LogP contribution in [-0.4, -0.2) is 13.1 Å². The van der Waals surface area contributed by atoms with E-state index in [2.05, 4.69) is 17.4 Å². The van der Waals surface area contributed by atoms with Crippen LogP contribution in [0.25, 0.3) is 0 Å². The lowest BCUT2D eigenvalue weighted by molar-refractivity contribution is 0.287. The van der Waals surface area contributed by atoms with Gasteiger partial charge in [0.05, 0.1) is 5.54 Å². The van der Waals surface area contributed by atoms with Crippen LogP contribution in [0.5, 0.6) is 0 Å². The SMILES string of the molecule is Cl.Cl.NC1(c2ccccc2)CNC1. The summed E-state index contributed by atoms with van der Waals surface area (Å²) in [7, 11) is 0. The van der Waals surface area contributed by atoms with Gasteiger partial charge in [-0.2, -0.15) is 0 Å². The molecule has 3 N–H and O–H groups in total. The van der Waals surface area contributed by atoms with Crippen LogP contribution < -0.4 is 11.1 Å². The zero-order valence-corrected chi connectivity index (χ0v) is 8.83. The second-order valence-corrected chi connectivity index (χ2v) is 3.13. The van der Waals surface area contributed by atoms with Crippen molar-refractivity contribution in [2.45, 2.75) is 5.54 Å². The number of nitrogens with two attached hydrogens (primary N) is 1. The van der Waals surface area contributed by atoms with Gasteiger partial charge in [-0.25, -0.2) is 0 Å². The van der Waals surface area contributed by atoms with Crippen molar-refractivity contribution in [2.75, 3.05) is 13.1 Å². The summed E-state index contributed by atoms with van der Waals surface area (Å²) in [5, 5.41) is 3.18. The first-order chi connectivity index (χ1) is 5.31. The second kappa shape index (κ2) is 4.82. The van der Waals surface area contributed by atoms with E-state index in [1.54, 1.807) is 0 Å². The van der Waals surface area contributed by atoms with Crippen LogP contribution in [-0.2, 0) is 5.54 Å². The Morgan fingerprint density at radius 1 is 1.08 bits per heavy atom. The number of hydrogen-bond acceptors (Lipinski definition) is 2. The molecule has 0 saturated carbocycles. The number of rotatable bonds is 1. The van der Waals surface area contributed by atoms with E-state index in [0.717, 1.165) is 13.1 Å². The van der Waals surface area contributed by atoms with Gasteiger partial charge in [-0.3, -0.25) is 0 Å². The largest absolute Gasteiger partial charge is 0.319 e. The summed E-state index contributed by atoms with van der Waals surface area (Å²) in [5.41, 5.74) is 7.20. The third-order valence-electron chi connectivity index (χ3n) is 2.23. The number of nitrogens with one attached hydrogen (secondary N) is 1. The summed E-state index contributed by atoms with van der Waals surface area (Å²) in [6.45, 7) is 1.80. The Kier molecular flexibility index (Phi) is 4.71. The van der Waals surface area contributed by atoms with Gasteiger partial charge in [-0.15, -0.1) is 24.8 Å². The zero-order chi connectivity index (χ0) is 7.73. The average molecular weight is 221 g/mol. The third-order valence-corrected chi connectivity index (χ3v) is 2.23. The van der Waals surface area contributed by atoms with Crippen LogP contribution in [0.4, 0.5) is 0 Å². The molecule has 0 aliphatic carbocycles. The van der Waals surface area contributed by atoms with Gasteiger partial charge in [0.2, 0.25) is 0 Å². The van der Waals surface area contributed by atoms with Crippen molar-refractivity contribution in [2.24, 2.45) is 5.73 Å². The van der Waals surface area contributed by atoms with Crippen molar-refractivity contribution < 1.29 is 0 Å². The lowest BCUT2D eigenvalue weighted by atomic mass is 9.86. The smallest absolute Gasteiger partial charge is 0.0662 e. The molecule has 0 radical (unpaired) electrons. The molecule has 1 aliphatic heterocycles.